The Balaban J connectivity index is 1.20. The number of rotatable bonds is 7. The first kappa shape index (κ1) is 35.9. The summed E-state index contributed by atoms with van der Waals surface area (Å²) in [5, 5.41) is 7.23. The molecule has 0 radical (unpaired) electrons. The van der Waals surface area contributed by atoms with Gasteiger partial charge in [-0.15, -0.1) is 11.3 Å². The quantitative estimate of drug-likeness (QED) is 0.303. The normalized spacial score (nSPS) is 27.4. The van der Waals surface area contributed by atoms with Gasteiger partial charge in [0, 0.05) is 17.7 Å². The van der Waals surface area contributed by atoms with Gasteiger partial charge in [-0.1, -0.05) is 31.1 Å². The Kier molecular flexibility index (Phi) is 9.52. The van der Waals surface area contributed by atoms with Gasteiger partial charge < -0.3 is 20.3 Å². The van der Waals surface area contributed by atoms with Crippen molar-refractivity contribution in [3.63, 3.8) is 0 Å². The van der Waals surface area contributed by atoms with Crippen molar-refractivity contribution in [1.82, 2.24) is 35.2 Å². The molecule has 1 aromatic carbocycles. The molecule has 276 valence electrons. The Hall–Kier alpha value is -4.51. The fourth-order valence-corrected chi connectivity index (χ4v) is 8.73. The van der Waals surface area contributed by atoms with Crippen molar-refractivity contribution >= 4 is 56.0 Å². The lowest BCUT2D eigenvalue weighted by Gasteiger charge is -2.30. The lowest BCUT2D eigenvalue weighted by atomic mass is 10.0. The lowest BCUT2D eigenvalue weighted by Crippen LogP contribution is -2.58. The maximum atomic E-state index is 14.7. The average Bonchev–Trinajstić information content (AvgIpc) is 3.85. The topological polar surface area (TPSA) is 190 Å². The van der Waals surface area contributed by atoms with Crippen molar-refractivity contribution in [3.8, 4) is 5.88 Å². The van der Waals surface area contributed by atoms with Crippen molar-refractivity contribution in [1.29, 1.82) is 0 Å². The zero-order chi connectivity index (χ0) is 36.8. The number of hydrogen-bond acceptors (Lipinski definition) is 11. The van der Waals surface area contributed by atoms with Crippen LogP contribution in [0.4, 0.5) is 4.39 Å². The maximum Gasteiger partial charge on any atom is 0.271 e. The van der Waals surface area contributed by atoms with Gasteiger partial charge in [0.2, 0.25) is 27.7 Å². The molecular formula is C35H40FN7O7S2. The first-order valence-electron chi connectivity index (χ1n) is 17.4. The molecular weight excluding hydrogens is 714 g/mol. The van der Waals surface area contributed by atoms with Crippen LogP contribution in [0.15, 0.2) is 41.2 Å². The second-order valence-corrected chi connectivity index (χ2v) is 17.2. The number of nitrogens with one attached hydrogen (secondary N) is 3. The summed E-state index contributed by atoms with van der Waals surface area (Å²) in [7, 11) is -4.00. The summed E-state index contributed by atoms with van der Waals surface area (Å²) >= 11 is 1.24. The number of halogens is 1. The van der Waals surface area contributed by atoms with Crippen LogP contribution in [-0.4, -0.2) is 86.9 Å². The third kappa shape index (κ3) is 6.99. The molecule has 4 heterocycles. The van der Waals surface area contributed by atoms with Crippen molar-refractivity contribution in [2.24, 2.45) is 5.92 Å². The van der Waals surface area contributed by atoms with Crippen LogP contribution in [0.5, 0.6) is 5.88 Å². The van der Waals surface area contributed by atoms with E-state index in [2.05, 4.69) is 30.3 Å². The molecule has 0 spiro atoms. The molecule has 0 unspecified atom stereocenters. The third-order valence-corrected chi connectivity index (χ3v) is 13.2. The second-order valence-electron chi connectivity index (χ2n) is 14.3. The first-order chi connectivity index (χ1) is 24.8. The highest BCUT2D eigenvalue weighted by Gasteiger charge is 2.63. The number of benzene rings is 1. The molecule has 14 nitrogen and oxygen atoms in total. The van der Waals surface area contributed by atoms with Gasteiger partial charge in [0.05, 0.1) is 22.3 Å². The van der Waals surface area contributed by atoms with Gasteiger partial charge in [-0.2, -0.15) is 0 Å². The van der Waals surface area contributed by atoms with E-state index in [-0.39, 0.29) is 36.5 Å². The minimum absolute atomic E-state index is 0.00497. The van der Waals surface area contributed by atoms with E-state index in [1.54, 1.807) is 25.3 Å². The third-order valence-electron chi connectivity index (χ3n) is 10.5. The summed E-state index contributed by atoms with van der Waals surface area (Å²) in [6.07, 6.45) is 7.06. The van der Waals surface area contributed by atoms with E-state index in [1.807, 2.05) is 12.2 Å². The summed E-state index contributed by atoms with van der Waals surface area (Å²) < 4.78 is 48.2. The minimum atomic E-state index is -4.00. The number of carbonyl (C=O) groups excluding carboxylic acids is 4. The van der Waals surface area contributed by atoms with Crippen LogP contribution in [0, 0.1) is 18.7 Å². The zero-order valence-electron chi connectivity index (χ0n) is 28.8. The molecule has 2 aliphatic carbocycles. The average molecular weight is 754 g/mol. The number of fused-ring (bicyclic) bond motifs is 3. The van der Waals surface area contributed by atoms with Gasteiger partial charge in [-0.05, 0) is 64.5 Å². The molecule has 4 amide bonds. The van der Waals surface area contributed by atoms with E-state index in [0.717, 1.165) is 12.8 Å². The Bertz CT molecular complexity index is 2060. The summed E-state index contributed by atoms with van der Waals surface area (Å²) in [6.45, 7) is 3.13. The molecule has 1 saturated heterocycles. The Labute approximate surface area is 304 Å². The Morgan fingerprint density at radius 2 is 1.96 bits per heavy atom. The number of para-hydroxylation sites is 1. The van der Waals surface area contributed by atoms with Crippen molar-refractivity contribution in [2.45, 2.75) is 100 Å². The van der Waals surface area contributed by atoms with Crippen molar-refractivity contribution in [3.05, 3.63) is 58.4 Å². The standard InChI is InChI=1S/C35H40FN7O7S2/c1-20-31(40-28-23(36)10-8-12-24(28)38-20)50-22-15-27-30(45)41-35(33(47)42-52(48,49)34(2)13-14-34)16-21(35)9-6-4-3-5-7-11-25(32(46)43(27)17-22)39-29(44)26-18-51-19-37-26/h6,8-10,12,18-19,21-22,25,27H,3-5,7,11,13-17H2,1-2H3,(H,39,44)(H,41,45)(H,42,47)/t21-,22-,25+,27+,35-/m1/s1. The monoisotopic (exact) mass is 753 g/mol. The number of ether oxygens (including phenoxy) is 1. The number of sulfonamides is 1. The van der Waals surface area contributed by atoms with Crippen LogP contribution in [0.25, 0.3) is 11.0 Å². The van der Waals surface area contributed by atoms with Gasteiger partial charge in [0.1, 0.15) is 40.6 Å². The molecule has 0 bridgehead atoms. The molecule has 7 rings (SSSR count). The molecule has 3 fully saturated rings. The molecule has 2 aromatic heterocycles. The fraction of sp³-hybridized carbons (Fsp3) is 0.514. The van der Waals surface area contributed by atoms with E-state index >= 15 is 0 Å². The summed E-state index contributed by atoms with van der Waals surface area (Å²) in [5.41, 5.74) is 0.851. The van der Waals surface area contributed by atoms with Gasteiger partial charge in [0.25, 0.3) is 11.8 Å². The summed E-state index contributed by atoms with van der Waals surface area (Å²) in [6, 6.07) is 2.24. The van der Waals surface area contributed by atoms with E-state index in [4.69, 9.17) is 4.74 Å². The smallest absolute Gasteiger partial charge is 0.271 e. The first-order valence-corrected chi connectivity index (χ1v) is 19.9. The van der Waals surface area contributed by atoms with Crippen molar-refractivity contribution < 1.29 is 36.7 Å². The predicted octanol–water partition coefficient (Wildman–Crippen LogP) is 3.07. The highest BCUT2D eigenvalue weighted by molar-refractivity contribution is 7.91. The van der Waals surface area contributed by atoms with Crippen LogP contribution in [0.1, 0.15) is 80.9 Å². The fourth-order valence-electron chi connectivity index (χ4n) is 6.89. The number of allylic oxidation sites excluding steroid dienone is 1. The summed E-state index contributed by atoms with van der Waals surface area (Å²) in [5.74, 6) is -3.56. The minimum Gasteiger partial charge on any atom is -0.471 e. The molecule has 3 N–H and O–H groups in total. The van der Waals surface area contributed by atoms with Crippen molar-refractivity contribution in [2.75, 3.05) is 6.54 Å². The van der Waals surface area contributed by atoms with Gasteiger partial charge in [0.15, 0.2) is 5.82 Å². The molecule has 4 aliphatic rings. The highest BCUT2D eigenvalue weighted by atomic mass is 32.2. The molecule has 2 aliphatic heterocycles. The maximum absolute atomic E-state index is 14.7. The highest BCUT2D eigenvalue weighted by Crippen LogP contribution is 2.47. The van der Waals surface area contributed by atoms with Crippen LogP contribution < -0.4 is 20.1 Å². The predicted molar refractivity (Wildman–Crippen MR) is 188 cm³/mol. The molecule has 3 aromatic rings. The largest absolute Gasteiger partial charge is 0.471 e. The lowest BCUT2D eigenvalue weighted by molar-refractivity contribution is -0.141. The van der Waals surface area contributed by atoms with E-state index in [1.165, 1.54) is 33.9 Å². The SMILES string of the molecule is Cc1nc2cccc(F)c2nc1O[C@@H]1C[C@H]2C(=O)N[C@]3(C(=O)NS(=O)(=O)C4(C)CC4)C[C@H]3C=CCCCCC[C@H](NC(=O)c3cscn3)C(=O)N2C1. The van der Waals surface area contributed by atoms with Crippen LogP contribution in [0.2, 0.25) is 0 Å². The molecule has 17 heteroatoms. The van der Waals surface area contributed by atoms with E-state index in [9.17, 15) is 32.0 Å². The van der Waals surface area contributed by atoms with Crippen LogP contribution in [-0.2, 0) is 24.4 Å². The van der Waals surface area contributed by atoms with Gasteiger partial charge >= 0.3 is 0 Å². The number of nitrogens with zero attached hydrogens (tertiary/aromatic N) is 4. The van der Waals surface area contributed by atoms with Crippen LogP contribution >= 0.6 is 11.3 Å². The number of hydrogen-bond donors (Lipinski definition) is 3. The number of thiazole rings is 1. The molecule has 52 heavy (non-hydrogen) atoms. The number of carbonyl (C=O) groups is 4. The van der Waals surface area contributed by atoms with E-state index < -0.39 is 73.9 Å². The van der Waals surface area contributed by atoms with Gasteiger partial charge in [-0.25, -0.2) is 27.8 Å². The van der Waals surface area contributed by atoms with E-state index in [0.29, 0.717) is 43.3 Å². The Morgan fingerprint density at radius 1 is 1.15 bits per heavy atom. The number of aromatic nitrogens is 3. The number of amides is 4. The molecule has 5 atom stereocenters. The Morgan fingerprint density at radius 3 is 2.71 bits per heavy atom. The zero-order valence-corrected chi connectivity index (χ0v) is 30.4. The summed E-state index contributed by atoms with van der Waals surface area (Å²) in [4.78, 5) is 69.8. The molecule has 2 saturated carbocycles. The van der Waals surface area contributed by atoms with Crippen LogP contribution in [0.3, 0.4) is 0 Å². The number of aryl methyl sites for hydroxylation is 1. The second kappa shape index (κ2) is 13.8. The van der Waals surface area contributed by atoms with Gasteiger partial charge in [-0.3, -0.25) is 23.9 Å².